The number of rotatable bonds is 0. The van der Waals surface area contributed by atoms with E-state index >= 15 is 0 Å². The van der Waals surface area contributed by atoms with E-state index < -0.39 is 44.0 Å². The van der Waals surface area contributed by atoms with Gasteiger partial charge in [-0.25, -0.2) is 0 Å². The predicted molar refractivity (Wildman–Crippen MR) is 52.3 cm³/mol. The van der Waals surface area contributed by atoms with Crippen molar-refractivity contribution in [1.29, 1.82) is 0 Å². The summed E-state index contributed by atoms with van der Waals surface area (Å²) in [5.74, 6) is 0. The van der Waals surface area contributed by atoms with Crippen LogP contribution < -0.4 is 0 Å². The van der Waals surface area contributed by atoms with Crippen molar-refractivity contribution in [3.63, 3.8) is 0 Å². The number of alkyl halides is 12. The van der Waals surface area contributed by atoms with Gasteiger partial charge in [0, 0.05) is 39.0 Å². The topological polar surface area (TPSA) is 80.9 Å². The second kappa shape index (κ2) is 13.5. The molecule has 0 rings (SSSR count). The Bertz CT molecular complexity index is 282. The van der Waals surface area contributed by atoms with E-state index in [0.29, 0.717) is 0 Å². The van der Waals surface area contributed by atoms with Gasteiger partial charge in [-0.2, -0.15) is 52.7 Å². The molecule has 26 heavy (non-hydrogen) atoms. The summed E-state index contributed by atoms with van der Waals surface area (Å²) in [5.41, 5.74) is 0. The molecule has 0 aliphatic carbocycles. The van der Waals surface area contributed by atoms with Crippen molar-refractivity contribution >= 4 is 7.12 Å². The number of aliphatic hydroxyl groups excluding tert-OH is 2. The van der Waals surface area contributed by atoms with Gasteiger partial charge in [0.05, 0.1) is 0 Å². The first kappa shape index (κ1) is 37.1. The molecule has 0 heterocycles. The normalized spacial score (nSPS) is 12.1. The molecule has 0 radical (unpaired) electrons. The van der Waals surface area contributed by atoms with E-state index in [1.54, 1.807) is 0 Å². The molecule has 0 aliphatic heterocycles. The summed E-state index contributed by atoms with van der Waals surface area (Å²) in [6, 6.07) is 0. The third-order valence-electron chi connectivity index (χ3n) is 1.24. The molecule has 0 amide bonds. The van der Waals surface area contributed by atoms with E-state index in [1.807, 2.05) is 0 Å². The van der Waals surface area contributed by atoms with E-state index in [2.05, 4.69) is 0 Å². The molecule has 19 heteroatoms. The summed E-state index contributed by atoms with van der Waals surface area (Å²) in [6.45, 7) is 1.28. The van der Waals surface area contributed by atoms with Gasteiger partial charge in [-0.05, 0) is 6.82 Å². The summed E-state index contributed by atoms with van der Waals surface area (Å²) in [6.07, 6.45) is -31.0. The van der Waals surface area contributed by atoms with Crippen molar-refractivity contribution in [1.82, 2.24) is 0 Å². The zero-order valence-electron chi connectivity index (χ0n) is 12.5. The molecule has 0 fully saturated rings. The minimum absolute atomic E-state index is 0. The van der Waals surface area contributed by atoms with E-state index in [0.717, 1.165) is 0 Å². The molecule has 0 aromatic rings. The zero-order chi connectivity index (χ0) is 20.7. The molecule has 0 atom stereocenters. The molecule has 0 saturated heterocycles. The molecule has 0 unspecified atom stereocenters. The molecule has 4 N–H and O–H groups in total. The van der Waals surface area contributed by atoms with Crippen LogP contribution in [-0.4, -0.2) is 64.3 Å². The largest absolute Gasteiger partial charge is 0.448 e. The molecule has 152 valence electrons. The van der Waals surface area contributed by atoms with Gasteiger partial charge in [0.15, 0.2) is 0 Å². The van der Waals surface area contributed by atoms with Crippen molar-refractivity contribution in [2.75, 3.05) is 0 Å². The average Bonchev–Trinajstić information content (AvgIpc) is 2.22. The van der Waals surface area contributed by atoms with Crippen LogP contribution in [-0.2, 0) is 39.0 Å². The first-order valence-corrected chi connectivity index (χ1v) is 5.03. The van der Waals surface area contributed by atoms with Crippen molar-refractivity contribution < 1.29 is 112 Å². The van der Waals surface area contributed by atoms with E-state index in [9.17, 15) is 52.7 Å². The Morgan fingerprint density at radius 2 is 0.615 bits per heavy atom. The summed E-state index contributed by atoms with van der Waals surface area (Å²) >= 11 is 0. The number of hydrogen-bond acceptors (Lipinski definition) is 4. The van der Waals surface area contributed by atoms with Crippen molar-refractivity contribution in [2.45, 2.75) is 43.7 Å². The molecule has 0 aromatic heterocycles. The monoisotopic (exact) mass is 524 g/mol. The van der Waals surface area contributed by atoms with Crippen LogP contribution in [0.4, 0.5) is 52.7 Å². The Hall–Kier alpha value is 0.312. The molecular formula is C7H9BF12O4Zn2. The Kier molecular flexibility index (Phi) is 19.2. The molecule has 0 bridgehead atoms. The maximum Gasteiger partial charge on any atom is 0.448 e. The number of hydrogen-bond donors (Lipinski definition) is 4. The minimum Gasteiger partial charge on any atom is -0.427 e. The van der Waals surface area contributed by atoms with E-state index in [4.69, 9.17) is 20.3 Å². The Morgan fingerprint density at radius 3 is 0.615 bits per heavy atom. The van der Waals surface area contributed by atoms with Crippen LogP contribution in [0, 0.1) is 0 Å². The van der Waals surface area contributed by atoms with Crippen LogP contribution in [0.2, 0.25) is 6.82 Å². The SMILES string of the molecule is CB(O)O.OC(C(F)(F)F)C(F)(F)F.OC(C(F)(F)F)C(F)(F)F.[Zn].[Zn]. The zero-order valence-corrected chi connectivity index (χ0v) is 18.4. The average molecular weight is 527 g/mol. The van der Waals surface area contributed by atoms with Gasteiger partial charge in [0.1, 0.15) is 0 Å². The van der Waals surface area contributed by atoms with Crippen molar-refractivity contribution in [3.05, 3.63) is 0 Å². The summed E-state index contributed by atoms with van der Waals surface area (Å²) < 4.78 is 132. The third kappa shape index (κ3) is 22.4. The number of aliphatic hydroxyl groups is 2. The van der Waals surface area contributed by atoms with Gasteiger partial charge in [-0.3, -0.25) is 0 Å². The Balaban J connectivity index is -0.0000000883. The van der Waals surface area contributed by atoms with Gasteiger partial charge < -0.3 is 20.3 Å². The van der Waals surface area contributed by atoms with Gasteiger partial charge in [0.2, 0.25) is 12.2 Å². The van der Waals surface area contributed by atoms with Crippen LogP contribution in [0.3, 0.4) is 0 Å². The summed E-state index contributed by atoms with van der Waals surface area (Å²) in [5, 5.41) is 30.2. The van der Waals surface area contributed by atoms with E-state index in [-0.39, 0.29) is 39.0 Å². The van der Waals surface area contributed by atoms with Crippen molar-refractivity contribution in [2.24, 2.45) is 0 Å². The second-order valence-electron chi connectivity index (χ2n) is 3.60. The van der Waals surface area contributed by atoms with Crippen LogP contribution in [0.5, 0.6) is 0 Å². The fourth-order valence-corrected chi connectivity index (χ4v) is 0.371. The molecule has 0 aliphatic rings. The smallest absolute Gasteiger partial charge is 0.427 e. The molecule has 0 spiro atoms. The third-order valence-corrected chi connectivity index (χ3v) is 1.24. The Labute approximate surface area is 163 Å². The van der Waals surface area contributed by atoms with Crippen LogP contribution in [0.1, 0.15) is 0 Å². The standard InChI is InChI=1S/2C3H2F6O.CH5BO2.2Zn/c2*4-2(5,6)1(10)3(7,8)9;1-2(3)4;;/h2*1,10H;3-4H,1H3;;. The van der Waals surface area contributed by atoms with E-state index in [1.165, 1.54) is 6.82 Å². The van der Waals surface area contributed by atoms with Gasteiger partial charge in [0.25, 0.3) is 0 Å². The molecular weight excluding hydrogens is 518 g/mol. The van der Waals surface area contributed by atoms with Crippen LogP contribution in [0.25, 0.3) is 0 Å². The van der Waals surface area contributed by atoms with Crippen LogP contribution >= 0.6 is 0 Å². The second-order valence-corrected chi connectivity index (χ2v) is 3.60. The first-order chi connectivity index (χ1) is 10.0. The summed E-state index contributed by atoms with van der Waals surface area (Å²) in [4.78, 5) is 0. The van der Waals surface area contributed by atoms with Crippen LogP contribution in [0.15, 0.2) is 0 Å². The number of halogens is 12. The van der Waals surface area contributed by atoms with Gasteiger partial charge in [-0.1, -0.05) is 0 Å². The van der Waals surface area contributed by atoms with Crippen molar-refractivity contribution in [3.8, 4) is 0 Å². The molecule has 0 aromatic carbocycles. The Morgan fingerprint density at radius 1 is 0.538 bits per heavy atom. The minimum atomic E-state index is -5.63. The maximum absolute atomic E-state index is 11.0. The molecule has 4 nitrogen and oxygen atoms in total. The van der Waals surface area contributed by atoms with Gasteiger partial charge >= 0.3 is 31.8 Å². The maximum atomic E-state index is 11.0. The molecule has 0 saturated carbocycles. The predicted octanol–water partition coefficient (Wildman–Crippen LogP) is 2.03. The fourth-order valence-electron chi connectivity index (χ4n) is 0.371. The summed E-state index contributed by atoms with van der Waals surface area (Å²) in [7, 11) is -1.17. The first-order valence-electron chi connectivity index (χ1n) is 5.03. The fraction of sp³-hybridized carbons (Fsp3) is 1.00. The van der Waals surface area contributed by atoms with Gasteiger partial charge in [-0.15, -0.1) is 0 Å². The quantitative estimate of drug-likeness (QED) is 0.288.